The molecule has 0 aliphatic heterocycles. The second kappa shape index (κ2) is 4.13. The van der Waals surface area contributed by atoms with Gasteiger partial charge in [-0.25, -0.2) is 4.79 Å². The quantitative estimate of drug-likeness (QED) is 0.819. The number of rotatable bonds is 2. The van der Waals surface area contributed by atoms with E-state index >= 15 is 0 Å². The molecule has 4 saturated carbocycles. The number of hydrogen-bond donors (Lipinski definition) is 1. The maximum absolute atomic E-state index is 11.8. The number of carbonyl (C=O) groups excluding carboxylic acids is 1. The molecular weight excluding hydrogens is 238 g/mol. The maximum Gasteiger partial charge on any atom is 0.408 e. The molecule has 0 atom stereocenters. The van der Waals surface area contributed by atoms with Gasteiger partial charge in [-0.15, -0.1) is 0 Å². The molecule has 3 heteroatoms. The largest absolute Gasteiger partial charge is 0.444 e. The van der Waals surface area contributed by atoms with Crippen molar-refractivity contribution in [1.29, 1.82) is 0 Å². The lowest BCUT2D eigenvalue weighted by molar-refractivity contribution is -0.194. The minimum absolute atomic E-state index is 0.0970. The van der Waals surface area contributed by atoms with Gasteiger partial charge in [0.2, 0.25) is 0 Å². The lowest BCUT2D eigenvalue weighted by Gasteiger charge is -2.73. The van der Waals surface area contributed by atoms with Gasteiger partial charge in [0.15, 0.2) is 0 Å². The predicted molar refractivity (Wildman–Crippen MR) is 75.0 cm³/mol. The normalized spacial score (nSPS) is 38.1. The van der Waals surface area contributed by atoms with Crippen LogP contribution in [0, 0.1) is 11.3 Å². The summed E-state index contributed by atoms with van der Waals surface area (Å²) in [6, 6.07) is 0. The van der Waals surface area contributed by atoms with Crippen molar-refractivity contribution in [2.45, 2.75) is 83.3 Å². The molecule has 19 heavy (non-hydrogen) atoms. The monoisotopic (exact) mass is 265 g/mol. The molecule has 0 aromatic carbocycles. The average molecular weight is 265 g/mol. The summed E-state index contributed by atoms with van der Waals surface area (Å²) in [5.74, 6) is 0.934. The second-order valence-electron chi connectivity index (χ2n) is 8.13. The van der Waals surface area contributed by atoms with Crippen molar-refractivity contribution in [2.75, 3.05) is 0 Å². The highest BCUT2D eigenvalue weighted by Gasteiger charge is 2.70. The van der Waals surface area contributed by atoms with Crippen LogP contribution in [0.5, 0.6) is 0 Å². The van der Waals surface area contributed by atoms with E-state index in [1.165, 1.54) is 51.4 Å². The van der Waals surface area contributed by atoms with Crippen molar-refractivity contribution in [3.63, 3.8) is 0 Å². The van der Waals surface area contributed by atoms with Crippen LogP contribution in [-0.2, 0) is 4.74 Å². The Bertz CT molecular complexity index is 357. The van der Waals surface area contributed by atoms with Crippen molar-refractivity contribution in [1.82, 2.24) is 5.32 Å². The summed E-state index contributed by atoms with van der Waals surface area (Å²) in [6.45, 7) is 5.74. The molecule has 4 rings (SSSR count). The SMILES string of the molecule is CC(C)(C)OC(=O)NC12CC(C3CCCCC3)(C1)C2. The number of alkyl carbamates (subject to hydrolysis) is 1. The highest BCUT2D eigenvalue weighted by Crippen LogP contribution is 2.72. The van der Waals surface area contributed by atoms with E-state index in [9.17, 15) is 4.79 Å². The molecule has 4 aliphatic carbocycles. The first-order chi connectivity index (χ1) is 8.83. The molecule has 1 amide bonds. The Morgan fingerprint density at radius 3 is 2.21 bits per heavy atom. The van der Waals surface area contributed by atoms with Gasteiger partial charge in [-0.2, -0.15) is 0 Å². The third kappa shape index (κ3) is 2.36. The van der Waals surface area contributed by atoms with E-state index in [0.29, 0.717) is 5.41 Å². The van der Waals surface area contributed by atoms with E-state index in [1.54, 1.807) is 0 Å². The van der Waals surface area contributed by atoms with Crippen LogP contribution in [0.4, 0.5) is 4.79 Å². The number of hydrogen-bond acceptors (Lipinski definition) is 2. The molecule has 0 radical (unpaired) electrons. The number of ether oxygens (including phenoxy) is 1. The lowest BCUT2D eigenvalue weighted by atomic mass is 9.35. The first-order valence-corrected chi connectivity index (χ1v) is 7.84. The predicted octanol–water partition coefficient (Wildman–Crippen LogP) is 4.01. The molecule has 0 unspecified atom stereocenters. The molecule has 0 aromatic heterocycles. The van der Waals surface area contributed by atoms with Gasteiger partial charge in [0.05, 0.1) is 0 Å². The van der Waals surface area contributed by atoms with Crippen molar-refractivity contribution in [2.24, 2.45) is 11.3 Å². The van der Waals surface area contributed by atoms with Gasteiger partial charge in [0.1, 0.15) is 5.60 Å². The Labute approximate surface area is 116 Å². The molecule has 1 N–H and O–H groups in total. The Balaban J connectivity index is 1.48. The van der Waals surface area contributed by atoms with Crippen molar-refractivity contribution >= 4 is 6.09 Å². The van der Waals surface area contributed by atoms with Crippen molar-refractivity contribution < 1.29 is 9.53 Å². The lowest BCUT2D eigenvalue weighted by Crippen LogP contribution is -2.76. The van der Waals surface area contributed by atoms with Crippen LogP contribution < -0.4 is 5.32 Å². The summed E-state index contributed by atoms with van der Waals surface area (Å²) in [7, 11) is 0. The first kappa shape index (κ1) is 13.3. The van der Waals surface area contributed by atoms with Crippen LogP contribution in [0.1, 0.15) is 72.1 Å². The van der Waals surface area contributed by atoms with Gasteiger partial charge in [-0.05, 0) is 64.2 Å². The van der Waals surface area contributed by atoms with Crippen LogP contribution in [0.3, 0.4) is 0 Å². The van der Waals surface area contributed by atoms with Crippen LogP contribution in [-0.4, -0.2) is 17.2 Å². The van der Waals surface area contributed by atoms with Crippen LogP contribution in [0.2, 0.25) is 0 Å². The third-order valence-corrected chi connectivity index (χ3v) is 5.31. The topological polar surface area (TPSA) is 38.3 Å². The molecule has 4 fully saturated rings. The Morgan fingerprint density at radius 1 is 1.11 bits per heavy atom. The molecule has 108 valence electrons. The Hall–Kier alpha value is -0.730. The summed E-state index contributed by atoms with van der Waals surface area (Å²) in [6.07, 6.45) is 10.5. The summed E-state index contributed by atoms with van der Waals surface area (Å²) in [5.41, 5.74) is 0.296. The Kier molecular flexibility index (Phi) is 2.88. The molecule has 2 bridgehead atoms. The fourth-order valence-corrected chi connectivity index (χ4v) is 4.67. The zero-order chi connectivity index (χ0) is 13.7. The molecule has 4 aliphatic rings. The van der Waals surface area contributed by atoms with Crippen molar-refractivity contribution in [3.8, 4) is 0 Å². The molecule has 3 nitrogen and oxygen atoms in total. The zero-order valence-corrected chi connectivity index (χ0v) is 12.6. The van der Waals surface area contributed by atoms with E-state index < -0.39 is 5.60 Å². The van der Waals surface area contributed by atoms with Gasteiger partial charge >= 0.3 is 6.09 Å². The van der Waals surface area contributed by atoms with E-state index in [-0.39, 0.29) is 11.6 Å². The number of amides is 1. The fourth-order valence-electron chi connectivity index (χ4n) is 4.67. The van der Waals surface area contributed by atoms with Gasteiger partial charge < -0.3 is 10.1 Å². The molecule has 0 saturated heterocycles. The van der Waals surface area contributed by atoms with E-state index in [2.05, 4.69) is 5.32 Å². The minimum Gasteiger partial charge on any atom is -0.444 e. The maximum atomic E-state index is 11.8. The summed E-state index contributed by atoms with van der Waals surface area (Å²) in [5, 5.41) is 3.12. The van der Waals surface area contributed by atoms with E-state index in [0.717, 1.165) is 5.92 Å². The third-order valence-electron chi connectivity index (χ3n) is 5.31. The van der Waals surface area contributed by atoms with E-state index in [1.807, 2.05) is 20.8 Å². The highest BCUT2D eigenvalue weighted by atomic mass is 16.6. The number of nitrogens with one attached hydrogen (secondary N) is 1. The molecule has 0 aromatic rings. The first-order valence-electron chi connectivity index (χ1n) is 7.84. The highest BCUT2D eigenvalue weighted by molar-refractivity contribution is 5.70. The minimum atomic E-state index is -0.394. The average Bonchev–Trinajstić information content (AvgIpc) is 2.20. The van der Waals surface area contributed by atoms with Crippen LogP contribution >= 0.6 is 0 Å². The molecular formula is C16H27NO2. The van der Waals surface area contributed by atoms with Gasteiger partial charge in [-0.3, -0.25) is 0 Å². The molecule has 0 spiro atoms. The van der Waals surface area contributed by atoms with Gasteiger partial charge in [0.25, 0.3) is 0 Å². The van der Waals surface area contributed by atoms with Gasteiger partial charge in [-0.1, -0.05) is 19.3 Å². The summed E-state index contributed by atoms with van der Waals surface area (Å²) >= 11 is 0. The summed E-state index contributed by atoms with van der Waals surface area (Å²) in [4.78, 5) is 11.8. The fraction of sp³-hybridized carbons (Fsp3) is 0.938. The smallest absolute Gasteiger partial charge is 0.408 e. The number of carbonyl (C=O) groups is 1. The van der Waals surface area contributed by atoms with E-state index in [4.69, 9.17) is 4.74 Å². The van der Waals surface area contributed by atoms with Crippen molar-refractivity contribution in [3.05, 3.63) is 0 Å². The Morgan fingerprint density at radius 2 is 1.68 bits per heavy atom. The van der Waals surface area contributed by atoms with Crippen LogP contribution in [0.15, 0.2) is 0 Å². The summed E-state index contributed by atoms with van der Waals surface area (Å²) < 4.78 is 5.36. The van der Waals surface area contributed by atoms with Gasteiger partial charge in [0, 0.05) is 5.54 Å². The second-order valence-corrected chi connectivity index (χ2v) is 8.13. The van der Waals surface area contributed by atoms with Crippen LogP contribution in [0.25, 0.3) is 0 Å². The zero-order valence-electron chi connectivity index (χ0n) is 12.6. The molecule has 0 heterocycles. The standard InChI is InChI=1S/C16H27NO2/c1-14(2,3)19-13(18)17-16-9-15(10-16,11-16)12-7-5-4-6-8-12/h12H,4-11H2,1-3H3,(H,17,18).